The first kappa shape index (κ1) is 19.5. The molecule has 4 nitrogen and oxygen atoms in total. The van der Waals surface area contributed by atoms with E-state index in [1.165, 1.54) is 20.8 Å². The highest BCUT2D eigenvalue weighted by Gasteiger charge is 2.62. The number of hydrogen-bond acceptors (Lipinski definition) is 2. The van der Waals surface area contributed by atoms with Gasteiger partial charge >= 0.3 is 18.3 Å². The Labute approximate surface area is 116 Å². The van der Waals surface area contributed by atoms with E-state index in [0.717, 1.165) is 0 Å². The van der Waals surface area contributed by atoms with Crippen LogP contribution >= 0.6 is 0 Å². The molecule has 0 atom stereocenters. The van der Waals surface area contributed by atoms with Gasteiger partial charge in [-0.15, -0.1) is 0 Å². The molecule has 0 aromatic rings. The normalized spacial score (nSPS) is 13.4. The summed E-state index contributed by atoms with van der Waals surface area (Å²) >= 11 is 0. The van der Waals surface area contributed by atoms with Gasteiger partial charge in [-0.05, 0) is 20.8 Å². The van der Waals surface area contributed by atoms with E-state index in [1.54, 1.807) is 0 Å². The standard InChI is InChI=1S/C11H15F6NO3/c1-9(2,3)18(5-4-6(19)20)8(21)7(10(12,13)14)11(15,16)17/h7H,4-5H2,1-3H3,(H,19,20). The molecule has 0 aromatic heterocycles. The molecule has 10 heteroatoms. The Morgan fingerprint density at radius 3 is 1.62 bits per heavy atom. The number of nitrogens with zero attached hydrogens (tertiary/aromatic N) is 1. The van der Waals surface area contributed by atoms with Crippen molar-refractivity contribution in [1.29, 1.82) is 0 Å². The lowest BCUT2D eigenvalue weighted by molar-refractivity contribution is -0.278. The second-order valence-electron chi connectivity index (χ2n) is 5.32. The molecular formula is C11H15F6NO3. The van der Waals surface area contributed by atoms with Crippen LogP contribution in [0.15, 0.2) is 0 Å². The van der Waals surface area contributed by atoms with E-state index in [4.69, 9.17) is 5.11 Å². The smallest absolute Gasteiger partial charge is 0.409 e. The maximum atomic E-state index is 12.5. The molecule has 0 spiro atoms. The van der Waals surface area contributed by atoms with Gasteiger partial charge in [-0.2, -0.15) is 26.3 Å². The van der Waals surface area contributed by atoms with E-state index in [0.29, 0.717) is 0 Å². The topological polar surface area (TPSA) is 57.6 Å². The van der Waals surface area contributed by atoms with Gasteiger partial charge in [0.25, 0.3) is 0 Å². The van der Waals surface area contributed by atoms with Crippen LogP contribution in [-0.4, -0.2) is 46.3 Å². The van der Waals surface area contributed by atoms with Crippen molar-refractivity contribution in [3.63, 3.8) is 0 Å². The second-order valence-corrected chi connectivity index (χ2v) is 5.32. The molecule has 0 aliphatic heterocycles. The molecule has 1 N–H and O–H groups in total. The zero-order chi connectivity index (χ0) is 17.2. The summed E-state index contributed by atoms with van der Waals surface area (Å²) in [6.07, 6.45) is -12.4. The first-order chi connectivity index (χ1) is 9.08. The average molecular weight is 323 g/mol. The van der Waals surface area contributed by atoms with Gasteiger partial charge in [-0.1, -0.05) is 0 Å². The van der Waals surface area contributed by atoms with Crippen LogP contribution in [0.25, 0.3) is 0 Å². The first-order valence-corrected chi connectivity index (χ1v) is 5.75. The number of hydrogen-bond donors (Lipinski definition) is 1. The summed E-state index contributed by atoms with van der Waals surface area (Å²) in [7, 11) is 0. The van der Waals surface area contributed by atoms with Crippen molar-refractivity contribution in [2.75, 3.05) is 6.54 Å². The maximum absolute atomic E-state index is 12.5. The number of carbonyl (C=O) groups is 2. The Hall–Kier alpha value is -1.48. The summed E-state index contributed by atoms with van der Waals surface area (Å²) in [5, 5.41) is 8.49. The molecule has 124 valence electrons. The molecule has 0 heterocycles. The molecule has 0 fully saturated rings. The van der Waals surface area contributed by atoms with Crippen LogP contribution < -0.4 is 0 Å². The number of alkyl halides is 6. The zero-order valence-electron chi connectivity index (χ0n) is 11.5. The predicted molar refractivity (Wildman–Crippen MR) is 59.3 cm³/mol. The molecule has 0 saturated heterocycles. The molecule has 21 heavy (non-hydrogen) atoms. The van der Waals surface area contributed by atoms with E-state index >= 15 is 0 Å². The maximum Gasteiger partial charge on any atom is 0.409 e. The minimum Gasteiger partial charge on any atom is -0.481 e. The third-order valence-corrected chi connectivity index (χ3v) is 2.53. The minimum absolute atomic E-state index is 0.284. The lowest BCUT2D eigenvalue weighted by Gasteiger charge is -2.38. The van der Waals surface area contributed by atoms with Gasteiger partial charge in [0.2, 0.25) is 11.8 Å². The second kappa shape index (κ2) is 6.10. The Balaban J connectivity index is 5.57. The number of carboxylic acids is 1. The summed E-state index contributed by atoms with van der Waals surface area (Å²) in [6.45, 7) is 2.91. The fourth-order valence-electron chi connectivity index (χ4n) is 1.61. The third kappa shape index (κ3) is 5.80. The Morgan fingerprint density at radius 2 is 1.38 bits per heavy atom. The highest BCUT2D eigenvalue weighted by Crippen LogP contribution is 2.41. The van der Waals surface area contributed by atoms with E-state index < -0.39 is 48.7 Å². The lowest BCUT2D eigenvalue weighted by atomic mass is 10.00. The van der Waals surface area contributed by atoms with E-state index in [2.05, 4.69) is 0 Å². The number of halogens is 6. The van der Waals surface area contributed by atoms with Gasteiger partial charge in [0.05, 0.1) is 6.42 Å². The molecule has 0 aromatic carbocycles. The highest BCUT2D eigenvalue weighted by molar-refractivity contribution is 5.81. The van der Waals surface area contributed by atoms with Gasteiger partial charge in [-0.25, -0.2) is 0 Å². The van der Waals surface area contributed by atoms with Crippen molar-refractivity contribution < 1.29 is 41.0 Å². The van der Waals surface area contributed by atoms with Crippen molar-refractivity contribution in [1.82, 2.24) is 4.90 Å². The molecule has 0 saturated carbocycles. The van der Waals surface area contributed by atoms with E-state index in [-0.39, 0.29) is 4.90 Å². The molecule has 0 radical (unpaired) electrons. The lowest BCUT2D eigenvalue weighted by Crippen LogP contribution is -2.55. The fourth-order valence-corrected chi connectivity index (χ4v) is 1.61. The van der Waals surface area contributed by atoms with Crippen LogP contribution in [0.5, 0.6) is 0 Å². The molecule has 0 bridgehead atoms. The number of amides is 1. The van der Waals surface area contributed by atoms with Crippen molar-refractivity contribution in [3.8, 4) is 0 Å². The molecule has 0 rings (SSSR count). The molecule has 0 aliphatic rings. The Kier molecular flexibility index (Phi) is 5.67. The molecule has 0 unspecified atom stereocenters. The van der Waals surface area contributed by atoms with Crippen LogP contribution in [-0.2, 0) is 9.59 Å². The van der Waals surface area contributed by atoms with Crippen LogP contribution in [0.2, 0.25) is 0 Å². The van der Waals surface area contributed by atoms with Gasteiger partial charge in [0.1, 0.15) is 0 Å². The first-order valence-electron chi connectivity index (χ1n) is 5.75. The number of carboxylic acid groups (broad SMARTS) is 1. The third-order valence-electron chi connectivity index (χ3n) is 2.53. The summed E-state index contributed by atoms with van der Waals surface area (Å²) < 4.78 is 75.2. The monoisotopic (exact) mass is 323 g/mol. The van der Waals surface area contributed by atoms with Gasteiger partial charge in [0, 0.05) is 12.1 Å². The summed E-state index contributed by atoms with van der Waals surface area (Å²) in [5.41, 5.74) is -1.39. The quantitative estimate of drug-likeness (QED) is 0.810. The largest absolute Gasteiger partial charge is 0.481 e. The number of rotatable bonds is 4. The Bertz CT molecular complexity index is 382. The van der Waals surface area contributed by atoms with Gasteiger partial charge in [0.15, 0.2) is 0 Å². The predicted octanol–water partition coefficient (Wildman–Crippen LogP) is 2.83. The fraction of sp³-hybridized carbons (Fsp3) is 0.818. The molecule has 1 amide bonds. The van der Waals surface area contributed by atoms with E-state index in [1.807, 2.05) is 0 Å². The summed E-state index contributed by atoms with van der Waals surface area (Å²) in [5.74, 6) is -7.81. The number of carbonyl (C=O) groups excluding carboxylic acids is 1. The SMILES string of the molecule is CC(C)(C)N(CCC(=O)O)C(=O)C(C(F)(F)F)C(F)(F)F. The van der Waals surface area contributed by atoms with Gasteiger partial charge < -0.3 is 10.0 Å². The van der Waals surface area contributed by atoms with Crippen molar-refractivity contribution >= 4 is 11.9 Å². The highest BCUT2D eigenvalue weighted by atomic mass is 19.4. The van der Waals surface area contributed by atoms with E-state index in [9.17, 15) is 35.9 Å². The van der Waals surface area contributed by atoms with Crippen LogP contribution in [0.1, 0.15) is 27.2 Å². The minimum atomic E-state index is -5.80. The molecular weight excluding hydrogens is 308 g/mol. The van der Waals surface area contributed by atoms with Crippen LogP contribution in [0.3, 0.4) is 0 Å². The van der Waals surface area contributed by atoms with Crippen LogP contribution in [0.4, 0.5) is 26.3 Å². The van der Waals surface area contributed by atoms with Gasteiger partial charge in [-0.3, -0.25) is 9.59 Å². The average Bonchev–Trinajstić information content (AvgIpc) is 2.08. The zero-order valence-corrected chi connectivity index (χ0v) is 11.5. The number of aliphatic carboxylic acids is 1. The van der Waals surface area contributed by atoms with Crippen molar-refractivity contribution in [3.05, 3.63) is 0 Å². The molecule has 0 aliphatic carbocycles. The van der Waals surface area contributed by atoms with Crippen molar-refractivity contribution in [2.24, 2.45) is 5.92 Å². The summed E-state index contributed by atoms with van der Waals surface area (Å²) in [6, 6.07) is 0. The van der Waals surface area contributed by atoms with Crippen LogP contribution in [0, 0.1) is 5.92 Å². The Morgan fingerprint density at radius 1 is 1.00 bits per heavy atom. The van der Waals surface area contributed by atoms with Crippen molar-refractivity contribution in [2.45, 2.75) is 45.1 Å². The summed E-state index contributed by atoms with van der Waals surface area (Å²) in [4.78, 5) is 22.4.